The second-order valence-corrected chi connectivity index (χ2v) is 7.64. The molecule has 0 saturated carbocycles. The number of nitrogens with zero attached hydrogens (tertiary/aromatic N) is 1. The van der Waals surface area contributed by atoms with E-state index in [1.54, 1.807) is 35.4 Å². The van der Waals surface area contributed by atoms with E-state index in [9.17, 15) is 13.2 Å². The molecule has 2 N–H and O–H groups in total. The Balaban J connectivity index is 2.09. The number of carbonyl (C=O) groups is 1. The number of hydrogen-bond donors (Lipinski definition) is 1. The Morgan fingerprint density at radius 2 is 1.91 bits per heavy atom. The standard InChI is InChI=1S/C15H18N2O3S2/c1-11(12-5-7-14(8-6-12)22(16,19)20)17(2)15(18)10-13-4-3-9-21-13/h3-9,11H,10H2,1-2H3,(H2,16,19,20)/t11-/m1/s1. The smallest absolute Gasteiger partial charge is 0.238 e. The van der Waals surface area contributed by atoms with Crippen LogP contribution in [0.1, 0.15) is 23.4 Å². The van der Waals surface area contributed by atoms with Gasteiger partial charge in [-0.25, -0.2) is 13.6 Å². The van der Waals surface area contributed by atoms with Crippen LogP contribution in [0.3, 0.4) is 0 Å². The minimum absolute atomic E-state index is 0.0190. The summed E-state index contributed by atoms with van der Waals surface area (Å²) in [5.74, 6) is 0.0190. The molecule has 0 bridgehead atoms. The third-order valence-corrected chi connectivity index (χ3v) is 5.38. The van der Waals surface area contributed by atoms with E-state index in [1.807, 2.05) is 24.4 Å². The normalized spacial score (nSPS) is 12.9. The van der Waals surface area contributed by atoms with Crippen LogP contribution in [0.25, 0.3) is 0 Å². The quantitative estimate of drug-likeness (QED) is 0.907. The molecule has 0 aliphatic rings. The molecule has 2 aromatic rings. The first-order valence-electron chi connectivity index (χ1n) is 6.70. The van der Waals surface area contributed by atoms with Crippen LogP contribution >= 0.6 is 11.3 Å². The van der Waals surface area contributed by atoms with E-state index in [1.165, 1.54) is 12.1 Å². The molecule has 118 valence electrons. The second kappa shape index (κ2) is 6.60. The summed E-state index contributed by atoms with van der Waals surface area (Å²) >= 11 is 1.55. The highest BCUT2D eigenvalue weighted by atomic mass is 32.2. The lowest BCUT2D eigenvalue weighted by Crippen LogP contribution is -2.30. The Morgan fingerprint density at radius 3 is 2.41 bits per heavy atom. The maximum atomic E-state index is 12.3. The zero-order chi connectivity index (χ0) is 16.3. The first-order chi connectivity index (χ1) is 10.3. The Morgan fingerprint density at radius 1 is 1.27 bits per heavy atom. The number of rotatable bonds is 5. The molecule has 1 aromatic heterocycles. The summed E-state index contributed by atoms with van der Waals surface area (Å²) in [4.78, 5) is 15.0. The largest absolute Gasteiger partial charge is 0.339 e. The SMILES string of the molecule is C[C@H](c1ccc(S(N)(=O)=O)cc1)N(C)C(=O)Cc1cccs1. The Bertz CT molecular complexity index is 738. The minimum atomic E-state index is -3.70. The molecule has 1 atom stereocenters. The van der Waals surface area contributed by atoms with Crippen molar-refractivity contribution in [3.05, 3.63) is 52.2 Å². The molecule has 0 fully saturated rings. The number of sulfonamides is 1. The molecule has 22 heavy (non-hydrogen) atoms. The van der Waals surface area contributed by atoms with Crippen LogP contribution in [0.5, 0.6) is 0 Å². The molecule has 0 aliphatic heterocycles. The Labute approximate surface area is 134 Å². The van der Waals surface area contributed by atoms with E-state index in [2.05, 4.69) is 0 Å². The summed E-state index contributed by atoms with van der Waals surface area (Å²) in [6.45, 7) is 1.90. The van der Waals surface area contributed by atoms with Gasteiger partial charge in [-0.1, -0.05) is 18.2 Å². The zero-order valence-electron chi connectivity index (χ0n) is 12.4. The number of likely N-dealkylation sites (N-methyl/N-ethyl adjacent to an activating group) is 1. The summed E-state index contributed by atoms with van der Waals surface area (Å²) in [7, 11) is -1.95. The van der Waals surface area contributed by atoms with Crippen LogP contribution in [0, 0.1) is 0 Å². The van der Waals surface area contributed by atoms with Crippen molar-refractivity contribution >= 4 is 27.3 Å². The van der Waals surface area contributed by atoms with Gasteiger partial charge in [0, 0.05) is 11.9 Å². The Hall–Kier alpha value is -1.70. The number of amides is 1. The second-order valence-electron chi connectivity index (χ2n) is 5.05. The van der Waals surface area contributed by atoms with E-state index >= 15 is 0 Å². The van der Waals surface area contributed by atoms with E-state index in [0.717, 1.165) is 10.4 Å². The van der Waals surface area contributed by atoms with Crippen molar-refractivity contribution < 1.29 is 13.2 Å². The summed E-state index contributed by atoms with van der Waals surface area (Å²) in [5.41, 5.74) is 0.856. The van der Waals surface area contributed by atoms with Crippen molar-refractivity contribution in [3.63, 3.8) is 0 Å². The highest BCUT2D eigenvalue weighted by Crippen LogP contribution is 2.21. The number of carbonyl (C=O) groups excluding carboxylic acids is 1. The third kappa shape index (κ3) is 3.94. The number of thiophene rings is 1. The van der Waals surface area contributed by atoms with Gasteiger partial charge >= 0.3 is 0 Å². The van der Waals surface area contributed by atoms with Gasteiger partial charge in [0.1, 0.15) is 0 Å². The molecule has 0 saturated heterocycles. The fraction of sp³-hybridized carbons (Fsp3) is 0.267. The molecule has 1 aromatic carbocycles. The molecule has 1 amide bonds. The summed E-state index contributed by atoms with van der Waals surface area (Å²) in [6, 6.07) is 9.97. The molecule has 0 aliphatic carbocycles. The van der Waals surface area contributed by atoms with Crippen LogP contribution in [-0.2, 0) is 21.2 Å². The van der Waals surface area contributed by atoms with Crippen LogP contribution in [0.15, 0.2) is 46.7 Å². The molecule has 0 unspecified atom stereocenters. The lowest BCUT2D eigenvalue weighted by Gasteiger charge is -2.25. The maximum Gasteiger partial charge on any atom is 0.238 e. The van der Waals surface area contributed by atoms with Crippen LogP contribution in [0.2, 0.25) is 0 Å². The predicted octanol–water partition coefficient (Wildman–Crippen LogP) is 2.16. The molecule has 1 heterocycles. The number of hydrogen-bond acceptors (Lipinski definition) is 4. The van der Waals surface area contributed by atoms with Crippen molar-refractivity contribution in [3.8, 4) is 0 Å². The highest BCUT2D eigenvalue weighted by Gasteiger charge is 2.18. The van der Waals surface area contributed by atoms with Crippen molar-refractivity contribution in [1.29, 1.82) is 0 Å². The van der Waals surface area contributed by atoms with Crippen molar-refractivity contribution in [1.82, 2.24) is 4.90 Å². The van der Waals surface area contributed by atoms with Gasteiger partial charge in [0.05, 0.1) is 17.4 Å². The lowest BCUT2D eigenvalue weighted by molar-refractivity contribution is -0.131. The van der Waals surface area contributed by atoms with Gasteiger partial charge in [-0.3, -0.25) is 4.79 Å². The van der Waals surface area contributed by atoms with Gasteiger partial charge in [-0.2, -0.15) is 0 Å². The van der Waals surface area contributed by atoms with Crippen molar-refractivity contribution in [2.75, 3.05) is 7.05 Å². The summed E-state index contributed by atoms with van der Waals surface area (Å²) in [5, 5.41) is 7.02. The van der Waals surface area contributed by atoms with Gasteiger partial charge in [-0.15, -0.1) is 11.3 Å². The van der Waals surface area contributed by atoms with Gasteiger partial charge in [0.2, 0.25) is 15.9 Å². The van der Waals surface area contributed by atoms with Gasteiger partial charge < -0.3 is 4.90 Å². The number of nitrogens with two attached hydrogens (primary N) is 1. The summed E-state index contributed by atoms with van der Waals surface area (Å²) in [6.07, 6.45) is 0.369. The van der Waals surface area contributed by atoms with E-state index < -0.39 is 10.0 Å². The average Bonchev–Trinajstić information content (AvgIpc) is 2.97. The minimum Gasteiger partial charge on any atom is -0.339 e. The molecule has 2 rings (SSSR count). The van der Waals surface area contributed by atoms with Gasteiger partial charge in [0.15, 0.2) is 0 Å². The Kier molecular flexibility index (Phi) is 5.00. The fourth-order valence-electron chi connectivity index (χ4n) is 2.06. The van der Waals surface area contributed by atoms with Crippen LogP contribution in [0.4, 0.5) is 0 Å². The summed E-state index contributed by atoms with van der Waals surface area (Å²) < 4.78 is 22.5. The van der Waals surface area contributed by atoms with E-state index in [4.69, 9.17) is 5.14 Å². The molecule has 5 nitrogen and oxygen atoms in total. The topological polar surface area (TPSA) is 80.5 Å². The lowest BCUT2D eigenvalue weighted by atomic mass is 10.1. The maximum absolute atomic E-state index is 12.3. The fourth-order valence-corrected chi connectivity index (χ4v) is 3.27. The van der Waals surface area contributed by atoms with Gasteiger partial charge in [0.25, 0.3) is 0 Å². The van der Waals surface area contributed by atoms with Crippen molar-refractivity contribution in [2.24, 2.45) is 5.14 Å². The first-order valence-corrected chi connectivity index (χ1v) is 9.12. The molecular formula is C15H18N2O3S2. The first kappa shape index (κ1) is 16.7. The molecule has 7 heteroatoms. The van der Waals surface area contributed by atoms with Crippen molar-refractivity contribution in [2.45, 2.75) is 24.3 Å². The van der Waals surface area contributed by atoms with Crippen LogP contribution in [-0.4, -0.2) is 26.3 Å². The third-order valence-electron chi connectivity index (χ3n) is 3.57. The van der Waals surface area contributed by atoms with Crippen LogP contribution < -0.4 is 5.14 Å². The number of primary sulfonamides is 1. The van der Waals surface area contributed by atoms with E-state index in [-0.39, 0.29) is 16.8 Å². The molecular weight excluding hydrogens is 320 g/mol. The van der Waals surface area contributed by atoms with Gasteiger partial charge in [-0.05, 0) is 36.1 Å². The number of benzene rings is 1. The predicted molar refractivity (Wildman–Crippen MR) is 87.0 cm³/mol. The molecule has 0 spiro atoms. The van der Waals surface area contributed by atoms with E-state index in [0.29, 0.717) is 6.42 Å². The monoisotopic (exact) mass is 338 g/mol. The highest BCUT2D eigenvalue weighted by molar-refractivity contribution is 7.89. The molecule has 0 radical (unpaired) electrons. The average molecular weight is 338 g/mol. The zero-order valence-corrected chi connectivity index (χ0v) is 14.0.